The van der Waals surface area contributed by atoms with Gasteiger partial charge >= 0.3 is 0 Å². The number of hydrogen-bond donors (Lipinski definition) is 0. The summed E-state index contributed by atoms with van der Waals surface area (Å²) in [6.07, 6.45) is 9.79. The van der Waals surface area contributed by atoms with E-state index in [4.69, 9.17) is 0 Å². The lowest BCUT2D eigenvalue weighted by molar-refractivity contribution is 0.0557. The Morgan fingerprint density at radius 2 is 0.917 bits per heavy atom. The van der Waals surface area contributed by atoms with E-state index >= 15 is 0 Å². The van der Waals surface area contributed by atoms with Crippen LogP contribution in [0.3, 0.4) is 0 Å². The molecule has 4 aliphatic rings. The van der Waals surface area contributed by atoms with Gasteiger partial charge in [-0.3, -0.25) is 0 Å². The zero-order valence-corrected chi connectivity index (χ0v) is 7.77. The van der Waals surface area contributed by atoms with Crippen molar-refractivity contribution in [2.24, 2.45) is 35.5 Å². The van der Waals surface area contributed by atoms with Gasteiger partial charge in [-0.05, 0) is 35.5 Å². The molecule has 0 radical (unpaired) electrons. The van der Waals surface area contributed by atoms with E-state index in [9.17, 15) is 0 Å². The van der Waals surface area contributed by atoms with Gasteiger partial charge in [-0.25, -0.2) is 0 Å². The molecule has 0 nitrogen and oxygen atoms in total. The third kappa shape index (κ3) is 0.608. The summed E-state index contributed by atoms with van der Waals surface area (Å²) < 4.78 is 0. The van der Waals surface area contributed by atoms with Gasteiger partial charge < -0.3 is 0 Å². The molecule has 0 amide bonds. The van der Waals surface area contributed by atoms with E-state index in [-0.39, 0.29) is 0 Å². The second kappa shape index (κ2) is 2.04. The molecular weight excluding hydrogens is 144 g/mol. The second-order valence-electron chi connectivity index (χ2n) is 4.80. The fourth-order valence-corrected chi connectivity index (χ4v) is 3.40. The Bertz CT molecular complexity index is 235. The van der Waals surface area contributed by atoms with Gasteiger partial charge in [-0.15, -0.1) is 0 Å². The molecule has 0 aromatic rings. The topological polar surface area (TPSA) is 0 Å². The maximum absolute atomic E-state index is 2.47. The fourth-order valence-electron chi connectivity index (χ4n) is 3.40. The first-order valence-electron chi connectivity index (χ1n) is 5.15. The Labute approximate surface area is 74.4 Å². The molecule has 4 aliphatic carbocycles. The second-order valence-corrected chi connectivity index (χ2v) is 4.80. The van der Waals surface area contributed by atoms with Crippen molar-refractivity contribution in [1.29, 1.82) is 0 Å². The Kier molecular flexibility index (Phi) is 1.18. The highest BCUT2D eigenvalue weighted by atomic mass is 14.5. The molecule has 0 N–H and O–H groups in total. The van der Waals surface area contributed by atoms with Crippen molar-refractivity contribution in [3.05, 3.63) is 24.3 Å². The molecule has 0 heteroatoms. The first kappa shape index (κ1) is 6.94. The molecule has 0 aliphatic heterocycles. The van der Waals surface area contributed by atoms with E-state index in [1.54, 1.807) is 0 Å². The summed E-state index contributed by atoms with van der Waals surface area (Å²) >= 11 is 0. The van der Waals surface area contributed by atoms with E-state index in [0.717, 1.165) is 35.5 Å². The maximum atomic E-state index is 2.47. The molecule has 0 heterocycles. The third-order valence-corrected chi connectivity index (χ3v) is 4.49. The molecule has 0 aromatic carbocycles. The molecule has 4 rings (SSSR count). The minimum Gasteiger partial charge on any atom is -0.0842 e. The van der Waals surface area contributed by atoms with Crippen LogP contribution in [0.15, 0.2) is 24.3 Å². The Balaban J connectivity index is 2.04. The van der Waals surface area contributed by atoms with Crippen molar-refractivity contribution in [2.45, 2.75) is 13.8 Å². The molecule has 1 saturated carbocycles. The van der Waals surface area contributed by atoms with Crippen molar-refractivity contribution in [1.82, 2.24) is 0 Å². The molecule has 0 aromatic heterocycles. The molecule has 0 unspecified atom stereocenters. The van der Waals surface area contributed by atoms with E-state index in [1.807, 2.05) is 0 Å². The summed E-state index contributed by atoms with van der Waals surface area (Å²) in [7, 11) is 0. The molecule has 0 saturated heterocycles. The van der Waals surface area contributed by atoms with Crippen LogP contribution in [0.2, 0.25) is 0 Å². The SMILES string of the molecule is C[C@@H]1[C@H](C)[C@H]2C=C[C@H]1[C@@H]1C=C[C@@H]12. The van der Waals surface area contributed by atoms with Crippen LogP contribution in [0.1, 0.15) is 13.8 Å². The Morgan fingerprint density at radius 3 is 1.25 bits per heavy atom. The van der Waals surface area contributed by atoms with E-state index in [0.29, 0.717) is 0 Å². The highest BCUT2D eigenvalue weighted by Gasteiger charge is 2.48. The molecule has 2 bridgehead atoms. The smallest absolute Gasteiger partial charge is 0.00990 e. The van der Waals surface area contributed by atoms with Gasteiger partial charge in [-0.2, -0.15) is 0 Å². The van der Waals surface area contributed by atoms with Crippen molar-refractivity contribution in [3.8, 4) is 0 Å². The molecule has 0 spiro atoms. The van der Waals surface area contributed by atoms with Gasteiger partial charge in [0.1, 0.15) is 0 Å². The quantitative estimate of drug-likeness (QED) is 0.478. The van der Waals surface area contributed by atoms with Crippen molar-refractivity contribution in [3.63, 3.8) is 0 Å². The maximum Gasteiger partial charge on any atom is -0.00990 e. The van der Waals surface area contributed by atoms with Crippen LogP contribution in [0.4, 0.5) is 0 Å². The van der Waals surface area contributed by atoms with Gasteiger partial charge in [0, 0.05) is 0 Å². The van der Waals surface area contributed by atoms with Crippen LogP contribution in [0.5, 0.6) is 0 Å². The molecular formula is C12H16. The van der Waals surface area contributed by atoms with Crippen molar-refractivity contribution >= 4 is 0 Å². The molecule has 6 atom stereocenters. The van der Waals surface area contributed by atoms with Gasteiger partial charge in [-0.1, -0.05) is 38.2 Å². The zero-order chi connectivity index (χ0) is 8.29. The van der Waals surface area contributed by atoms with Crippen molar-refractivity contribution in [2.75, 3.05) is 0 Å². The normalized spacial score (nSPS) is 59.8. The zero-order valence-electron chi connectivity index (χ0n) is 7.77. The molecule has 12 heavy (non-hydrogen) atoms. The number of rotatable bonds is 0. The summed E-state index contributed by atoms with van der Waals surface area (Å²) in [6, 6.07) is 0. The first-order chi connectivity index (χ1) is 5.79. The minimum atomic E-state index is 0.861. The number of hydrogen-bond acceptors (Lipinski definition) is 0. The number of fused-ring (bicyclic) bond motifs is 1. The predicted molar refractivity (Wildman–Crippen MR) is 50.6 cm³/mol. The van der Waals surface area contributed by atoms with Crippen molar-refractivity contribution < 1.29 is 0 Å². The van der Waals surface area contributed by atoms with Gasteiger partial charge in [0.05, 0.1) is 0 Å². The summed E-state index contributed by atoms with van der Waals surface area (Å²) in [6.45, 7) is 4.85. The van der Waals surface area contributed by atoms with Gasteiger partial charge in [0.15, 0.2) is 0 Å². The molecule has 64 valence electrons. The average molecular weight is 160 g/mol. The summed E-state index contributed by atoms with van der Waals surface area (Å²) in [5.74, 6) is 5.36. The summed E-state index contributed by atoms with van der Waals surface area (Å²) in [5, 5.41) is 0. The van der Waals surface area contributed by atoms with Crippen LogP contribution < -0.4 is 0 Å². The predicted octanol–water partition coefficient (Wildman–Crippen LogP) is 2.88. The van der Waals surface area contributed by atoms with Crippen LogP contribution in [-0.4, -0.2) is 0 Å². The fraction of sp³-hybridized carbons (Fsp3) is 0.667. The standard InChI is InChI=1S/C12H16/c1-7-8(2)10-4-3-9(7)11-5-6-12(10)11/h3-12H,1-2H3/t7-,8+,9-,10-,11+,12-/m1/s1. The van der Waals surface area contributed by atoms with Crippen LogP contribution in [-0.2, 0) is 0 Å². The number of allylic oxidation sites excluding steroid dienone is 4. The minimum absolute atomic E-state index is 0.861. The average Bonchev–Trinajstić information content (AvgIpc) is 2.00. The van der Waals surface area contributed by atoms with E-state index in [1.165, 1.54) is 0 Å². The monoisotopic (exact) mass is 160 g/mol. The van der Waals surface area contributed by atoms with Crippen LogP contribution >= 0.6 is 0 Å². The van der Waals surface area contributed by atoms with Gasteiger partial charge in [0.25, 0.3) is 0 Å². The lowest BCUT2D eigenvalue weighted by atomic mass is 9.50. The largest absolute Gasteiger partial charge is 0.0842 e. The highest BCUT2D eigenvalue weighted by molar-refractivity contribution is 5.26. The van der Waals surface area contributed by atoms with Gasteiger partial charge in [0.2, 0.25) is 0 Å². The highest BCUT2D eigenvalue weighted by Crippen LogP contribution is 2.55. The third-order valence-electron chi connectivity index (χ3n) is 4.49. The lowest BCUT2D eigenvalue weighted by Gasteiger charge is -2.54. The first-order valence-corrected chi connectivity index (χ1v) is 5.15. The summed E-state index contributed by atoms with van der Waals surface area (Å²) in [5.41, 5.74) is 0. The van der Waals surface area contributed by atoms with E-state index in [2.05, 4.69) is 38.2 Å². The summed E-state index contributed by atoms with van der Waals surface area (Å²) in [4.78, 5) is 0. The van der Waals surface area contributed by atoms with E-state index < -0.39 is 0 Å². The lowest BCUT2D eigenvalue weighted by Crippen LogP contribution is -2.48. The van der Waals surface area contributed by atoms with Crippen LogP contribution in [0, 0.1) is 35.5 Å². The Hall–Kier alpha value is -0.520. The van der Waals surface area contributed by atoms with Crippen LogP contribution in [0.25, 0.3) is 0 Å². The molecule has 1 fully saturated rings. The Morgan fingerprint density at radius 1 is 0.583 bits per heavy atom.